The fraction of sp³-hybridized carbons (Fsp3) is 0.300. The maximum Gasteiger partial charge on any atom is 0.252 e. The molecule has 2 amide bonds. The number of methoxy groups -OCH3 is 2. The van der Waals surface area contributed by atoms with Crippen LogP contribution in [0.15, 0.2) is 42.5 Å². The van der Waals surface area contributed by atoms with Gasteiger partial charge in [-0.2, -0.15) is 0 Å². The third kappa shape index (κ3) is 3.49. The Morgan fingerprint density at radius 2 is 1.73 bits per heavy atom. The van der Waals surface area contributed by atoms with Crippen molar-refractivity contribution in [2.24, 2.45) is 0 Å². The standard InChI is InChI=1S/C20H22N2O4/c1-13(20(24)22-9-8-14-6-4-5-7-18(14)22)21-19(23)15-10-16(25-2)12-17(11-15)26-3/h4-7,10-13H,8-9H2,1-3H3,(H,21,23)/t13-/m1/s1. The van der Waals surface area contributed by atoms with Gasteiger partial charge in [-0.1, -0.05) is 18.2 Å². The average molecular weight is 354 g/mol. The second-order valence-corrected chi connectivity index (χ2v) is 6.17. The Hall–Kier alpha value is -3.02. The molecule has 0 aliphatic carbocycles. The van der Waals surface area contributed by atoms with E-state index in [1.54, 1.807) is 30.0 Å². The number of para-hydroxylation sites is 1. The van der Waals surface area contributed by atoms with E-state index in [0.717, 1.165) is 17.7 Å². The monoisotopic (exact) mass is 354 g/mol. The molecule has 0 spiro atoms. The van der Waals surface area contributed by atoms with Crippen molar-refractivity contribution in [2.75, 3.05) is 25.7 Å². The van der Waals surface area contributed by atoms with Crippen molar-refractivity contribution < 1.29 is 19.1 Å². The molecule has 1 atom stereocenters. The van der Waals surface area contributed by atoms with E-state index in [1.165, 1.54) is 14.2 Å². The van der Waals surface area contributed by atoms with Gasteiger partial charge in [-0.3, -0.25) is 9.59 Å². The summed E-state index contributed by atoms with van der Waals surface area (Å²) in [4.78, 5) is 27.1. The third-order valence-corrected chi connectivity index (χ3v) is 4.48. The number of amides is 2. The van der Waals surface area contributed by atoms with Gasteiger partial charge in [0, 0.05) is 23.9 Å². The van der Waals surface area contributed by atoms with Crippen molar-refractivity contribution in [1.82, 2.24) is 5.32 Å². The van der Waals surface area contributed by atoms with Gasteiger partial charge in [-0.05, 0) is 37.1 Å². The number of nitrogens with one attached hydrogen (secondary N) is 1. The van der Waals surface area contributed by atoms with Crippen LogP contribution >= 0.6 is 0 Å². The van der Waals surface area contributed by atoms with Crippen LogP contribution in [-0.4, -0.2) is 38.6 Å². The minimum Gasteiger partial charge on any atom is -0.497 e. The largest absolute Gasteiger partial charge is 0.497 e. The number of carbonyl (C=O) groups is 2. The lowest BCUT2D eigenvalue weighted by Crippen LogP contribution is -2.46. The first-order valence-electron chi connectivity index (χ1n) is 8.46. The summed E-state index contributed by atoms with van der Waals surface area (Å²) in [5, 5.41) is 2.77. The highest BCUT2D eigenvalue weighted by molar-refractivity contribution is 6.03. The van der Waals surface area contributed by atoms with Gasteiger partial charge >= 0.3 is 0 Å². The lowest BCUT2D eigenvalue weighted by Gasteiger charge is -2.22. The number of ether oxygens (including phenoxy) is 2. The summed E-state index contributed by atoms with van der Waals surface area (Å²) >= 11 is 0. The summed E-state index contributed by atoms with van der Waals surface area (Å²) in [5.41, 5.74) is 2.45. The van der Waals surface area contributed by atoms with Gasteiger partial charge in [0.1, 0.15) is 17.5 Å². The predicted molar refractivity (Wildman–Crippen MR) is 99.0 cm³/mol. The highest BCUT2D eigenvalue weighted by Gasteiger charge is 2.28. The number of carbonyl (C=O) groups excluding carboxylic acids is 2. The minimum atomic E-state index is -0.647. The second kappa shape index (κ2) is 7.47. The van der Waals surface area contributed by atoms with Crippen LogP contribution in [0.25, 0.3) is 0 Å². The Balaban J connectivity index is 1.73. The summed E-state index contributed by atoms with van der Waals surface area (Å²) in [6.07, 6.45) is 0.829. The molecule has 0 aromatic heterocycles. The zero-order valence-electron chi connectivity index (χ0n) is 15.1. The van der Waals surface area contributed by atoms with Crippen molar-refractivity contribution in [1.29, 1.82) is 0 Å². The lowest BCUT2D eigenvalue weighted by molar-refractivity contribution is -0.119. The van der Waals surface area contributed by atoms with Gasteiger partial charge < -0.3 is 19.7 Å². The number of hydrogen-bond donors (Lipinski definition) is 1. The first-order valence-corrected chi connectivity index (χ1v) is 8.46. The van der Waals surface area contributed by atoms with E-state index in [1.807, 2.05) is 24.3 Å². The molecule has 2 aromatic rings. The third-order valence-electron chi connectivity index (χ3n) is 4.48. The zero-order valence-corrected chi connectivity index (χ0v) is 15.1. The molecule has 1 heterocycles. The van der Waals surface area contributed by atoms with Crippen LogP contribution in [0.1, 0.15) is 22.8 Å². The Morgan fingerprint density at radius 1 is 1.08 bits per heavy atom. The first kappa shape index (κ1) is 17.8. The van der Waals surface area contributed by atoms with E-state index >= 15 is 0 Å². The lowest BCUT2D eigenvalue weighted by atomic mass is 10.1. The number of benzene rings is 2. The fourth-order valence-corrected chi connectivity index (χ4v) is 3.08. The topological polar surface area (TPSA) is 67.9 Å². The molecule has 0 unspecified atom stereocenters. The molecule has 0 fully saturated rings. The molecule has 0 saturated heterocycles. The molecule has 26 heavy (non-hydrogen) atoms. The number of anilines is 1. The van der Waals surface area contributed by atoms with E-state index in [4.69, 9.17) is 9.47 Å². The maximum atomic E-state index is 12.8. The molecule has 136 valence electrons. The average Bonchev–Trinajstić information content (AvgIpc) is 3.10. The van der Waals surface area contributed by atoms with E-state index < -0.39 is 6.04 Å². The number of rotatable bonds is 5. The maximum absolute atomic E-state index is 12.8. The molecule has 3 rings (SSSR count). The van der Waals surface area contributed by atoms with Crippen molar-refractivity contribution in [3.63, 3.8) is 0 Å². The molecular formula is C20H22N2O4. The van der Waals surface area contributed by atoms with Gasteiger partial charge in [0.25, 0.3) is 5.91 Å². The van der Waals surface area contributed by atoms with Gasteiger partial charge in [0.15, 0.2) is 0 Å². The van der Waals surface area contributed by atoms with Crippen LogP contribution in [0, 0.1) is 0 Å². The normalized spacial score (nSPS) is 13.7. The van der Waals surface area contributed by atoms with Crippen LogP contribution < -0.4 is 19.7 Å². The van der Waals surface area contributed by atoms with Crippen LogP contribution in [0.4, 0.5) is 5.69 Å². The van der Waals surface area contributed by atoms with E-state index in [0.29, 0.717) is 23.6 Å². The highest BCUT2D eigenvalue weighted by Crippen LogP contribution is 2.28. The van der Waals surface area contributed by atoms with E-state index in [-0.39, 0.29) is 11.8 Å². The Labute approximate surface area is 152 Å². The van der Waals surface area contributed by atoms with Gasteiger partial charge in [-0.25, -0.2) is 0 Å². The van der Waals surface area contributed by atoms with Gasteiger partial charge in [0.05, 0.1) is 14.2 Å². The quantitative estimate of drug-likeness (QED) is 0.895. The molecule has 1 aliphatic heterocycles. The number of fused-ring (bicyclic) bond motifs is 1. The van der Waals surface area contributed by atoms with Crippen molar-refractivity contribution in [3.8, 4) is 11.5 Å². The number of hydrogen-bond acceptors (Lipinski definition) is 4. The van der Waals surface area contributed by atoms with Crippen LogP contribution in [0.5, 0.6) is 11.5 Å². The van der Waals surface area contributed by atoms with Crippen molar-refractivity contribution in [3.05, 3.63) is 53.6 Å². The molecule has 1 aliphatic rings. The molecule has 0 bridgehead atoms. The highest BCUT2D eigenvalue weighted by atomic mass is 16.5. The predicted octanol–water partition coefficient (Wildman–Crippen LogP) is 2.41. The van der Waals surface area contributed by atoms with Crippen molar-refractivity contribution >= 4 is 17.5 Å². The Bertz CT molecular complexity index is 812. The second-order valence-electron chi connectivity index (χ2n) is 6.17. The SMILES string of the molecule is COc1cc(OC)cc(C(=O)N[C@H](C)C(=O)N2CCc3ccccc32)c1. The summed E-state index contributed by atoms with van der Waals surface area (Å²) in [6.45, 7) is 2.32. The molecule has 0 radical (unpaired) electrons. The Morgan fingerprint density at radius 3 is 2.38 bits per heavy atom. The molecule has 6 heteroatoms. The summed E-state index contributed by atoms with van der Waals surface area (Å²) < 4.78 is 10.4. The van der Waals surface area contributed by atoms with E-state index in [9.17, 15) is 9.59 Å². The van der Waals surface area contributed by atoms with Crippen molar-refractivity contribution in [2.45, 2.75) is 19.4 Å². The van der Waals surface area contributed by atoms with Crippen LogP contribution in [-0.2, 0) is 11.2 Å². The van der Waals surface area contributed by atoms with E-state index in [2.05, 4.69) is 5.32 Å². The van der Waals surface area contributed by atoms with Crippen LogP contribution in [0.2, 0.25) is 0 Å². The summed E-state index contributed by atoms with van der Waals surface area (Å²) in [5.74, 6) is 0.553. The fourth-order valence-electron chi connectivity index (χ4n) is 3.08. The smallest absolute Gasteiger partial charge is 0.252 e. The minimum absolute atomic E-state index is 0.127. The van der Waals surface area contributed by atoms with Gasteiger partial charge in [0.2, 0.25) is 5.91 Å². The zero-order chi connectivity index (χ0) is 18.7. The molecule has 2 aromatic carbocycles. The molecule has 6 nitrogen and oxygen atoms in total. The summed E-state index contributed by atoms with van der Waals surface area (Å²) in [7, 11) is 3.04. The molecular weight excluding hydrogens is 332 g/mol. The summed E-state index contributed by atoms with van der Waals surface area (Å²) in [6, 6.07) is 12.1. The first-order chi connectivity index (χ1) is 12.5. The van der Waals surface area contributed by atoms with Crippen LogP contribution in [0.3, 0.4) is 0 Å². The Kier molecular flexibility index (Phi) is 5.11. The van der Waals surface area contributed by atoms with Gasteiger partial charge in [-0.15, -0.1) is 0 Å². The molecule has 0 saturated carbocycles. The molecule has 1 N–H and O–H groups in total. The number of nitrogens with zero attached hydrogens (tertiary/aromatic N) is 1.